The first-order valence-electron chi connectivity index (χ1n) is 11.9. The molecule has 0 unspecified atom stereocenters. The van der Waals surface area contributed by atoms with Gasteiger partial charge in [0.15, 0.2) is 17.3 Å². The minimum absolute atomic E-state index is 0.108. The fraction of sp³-hybridized carbons (Fsp3) is 0.667. The van der Waals surface area contributed by atoms with Crippen molar-refractivity contribution in [1.29, 1.82) is 0 Å². The number of ketones is 1. The number of aromatic nitrogens is 3. The van der Waals surface area contributed by atoms with E-state index < -0.39 is 5.41 Å². The van der Waals surface area contributed by atoms with Gasteiger partial charge in [-0.1, -0.05) is 23.2 Å². The topological polar surface area (TPSA) is 90.6 Å². The van der Waals surface area contributed by atoms with E-state index in [1.807, 2.05) is 6.92 Å². The number of rotatable bonds is 5. The van der Waals surface area contributed by atoms with Crippen LogP contribution >= 0.6 is 11.6 Å². The summed E-state index contributed by atoms with van der Waals surface area (Å²) in [6.07, 6.45) is 6.94. The first-order chi connectivity index (χ1) is 15.9. The molecular weight excluding hydrogens is 444 g/mol. The Labute approximate surface area is 199 Å². The lowest BCUT2D eigenvalue weighted by Crippen LogP contribution is -2.41. The fourth-order valence-corrected chi connectivity index (χ4v) is 6.08. The molecule has 2 aliphatic carbocycles. The highest BCUT2D eigenvalue weighted by Crippen LogP contribution is 2.47. The van der Waals surface area contributed by atoms with Crippen LogP contribution in [0.3, 0.4) is 0 Å². The van der Waals surface area contributed by atoms with E-state index in [2.05, 4.69) is 27.1 Å². The van der Waals surface area contributed by atoms with Crippen molar-refractivity contribution in [3.63, 3.8) is 0 Å². The molecule has 5 rings (SSSR count). The second-order valence-electron chi connectivity index (χ2n) is 9.68. The van der Waals surface area contributed by atoms with Gasteiger partial charge in [0, 0.05) is 37.7 Å². The van der Waals surface area contributed by atoms with E-state index in [1.165, 1.54) is 0 Å². The van der Waals surface area contributed by atoms with Crippen LogP contribution in [0.1, 0.15) is 63.2 Å². The van der Waals surface area contributed by atoms with Crippen LogP contribution in [0, 0.1) is 0 Å². The molecule has 1 saturated carbocycles. The summed E-state index contributed by atoms with van der Waals surface area (Å²) < 4.78 is 17.6. The zero-order valence-electron chi connectivity index (χ0n) is 19.5. The predicted octanol–water partition coefficient (Wildman–Crippen LogP) is 3.99. The molecule has 0 N–H and O–H groups in total. The van der Waals surface area contributed by atoms with Gasteiger partial charge in [0.05, 0.1) is 11.5 Å². The van der Waals surface area contributed by atoms with Crippen LogP contribution in [0.15, 0.2) is 10.6 Å². The maximum Gasteiger partial charge on any atom is 0.218 e. The number of carbonyl (C=O) groups is 1. The van der Waals surface area contributed by atoms with Gasteiger partial charge in [0.2, 0.25) is 5.88 Å². The molecule has 3 heterocycles. The summed E-state index contributed by atoms with van der Waals surface area (Å²) in [4.78, 5) is 24.2. The third-order valence-electron chi connectivity index (χ3n) is 7.67. The van der Waals surface area contributed by atoms with Crippen LogP contribution in [-0.4, -0.2) is 64.8 Å². The van der Waals surface area contributed by atoms with Gasteiger partial charge < -0.3 is 14.0 Å². The molecule has 0 bridgehead atoms. The summed E-state index contributed by atoms with van der Waals surface area (Å²) in [6, 6.07) is 1.84. The summed E-state index contributed by atoms with van der Waals surface area (Å²) in [6.45, 7) is 2.90. The molecule has 1 aliphatic heterocycles. The molecule has 0 aromatic carbocycles. The largest absolute Gasteiger partial charge is 0.473 e. The van der Waals surface area contributed by atoms with Crippen molar-refractivity contribution in [2.45, 2.75) is 82.0 Å². The van der Waals surface area contributed by atoms with Gasteiger partial charge in [0.1, 0.15) is 17.0 Å². The van der Waals surface area contributed by atoms with Crippen LogP contribution in [0.5, 0.6) is 5.88 Å². The number of likely N-dealkylation sites (tertiary alicyclic amines) is 1. The monoisotopic (exact) mass is 474 g/mol. The Morgan fingerprint density at radius 3 is 2.82 bits per heavy atom. The quantitative estimate of drug-likeness (QED) is 0.601. The van der Waals surface area contributed by atoms with Crippen molar-refractivity contribution in [3.05, 3.63) is 22.5 Å². The number of halogens is 1. The lowest BCUT2D eigenvalue weighted by Gasteiger charge is -2.36. The van der Waals surface area contributed by atoms with E-state index in [9.17, 15) is 4.79 Å². The Morgan fingerprint density at radius 1 is 1.24 bits per heavy atom. The van der Waals surface area contributed by atoms with Crippen molar-refractivity contribution in [2.75, 3.05) is 20.7 Å². The minimum atomic E-state index is -0.533. The number of carbonyl (C=O) groups excluding carboxylic acids is 1. The van der Waals surface area contributed by atoms with Gasteiger partial charge in [-0.05, 0) is 52.5 Å². The Morgan fingerprint density at radius 2 is 2.06 bits per heavy atom. The minimum Gasteiger partial charge on any atom is -0.473 e. The lowest BCUT2D eigenvalue weighted by molar-refractivity contribution is -0.128. The molecule has 1 spiro atoms. The molecule has 0 radical (unpaired) electrons. The van der Waals surface area contributed by atoms with E-state index in [4.69, 9.17) is 25.6 Å². The van der Waals surface area contributed by atoms with Crippen LogP contribution in [0.2, 0.25) is 5.15 Å². The Bertz CT molecular complexity index is 1040. The normalized spacial score (nSPS) is 28.8. The van der Waals surface area contributed by atoms with Crippen molar-refractivity contribution in [3.8, 4) is 17.4 Å². The predicted molar refractivity (Wildman–Crippen MR) is 123 cm³/mol. The van der Waals surface area contributed by atoms with Crippen LogP contribution in [-0.2, 0) is 21.4 Å². The molecule has 33 heavy (non-hydrogen) atoms. The van der Waals surface area contributed by atoms with Crippen molar-refractivity contribution in [1.82, 2.24) is 20.0 Å². The van der Waals surface area contributed by atoms with Gasteiger partial charge in [0.25, 0.3) is 0 Å². The molecular formula is C24H31ClN4O4. The third-order valence-corrected chi connectivity index (χ3v) is 7.87. The summed E-state index contributed by atoms with van der Waals surface area (Å²) >= 11 is 6.36. The van der Waals surface area contributed by atoms with Gasteiger partial charge in [-0.3, -0.25) is 9.69 Å². The zero-order chi connectivity index (χ0) is 23.2. The Hall–Kier alpha value is -2.03. The summed E-state index contributed by atoms with van der Waals surface area (Å²) in [5, 5.41) is 4.62. The molecule has 2 aromatic heterocycles. The van der Waals surface area contributed by atoms with E-state index >= 15 is 0 Å². The highest BCUT2D eigenvalue weighted by molar-refractivity contribution is 6.29. The number of hydrogen-bond donors (Lipinski definition) is 0. The molecule has 3 aliphatic rings. The maximum atomic E-state index is 12.9. The second-order valence-corrected chi connectivity index (χ2v) is 10.1. The number of hydrogen-bond acceptors (Lipinski definition) is 8. The molecule has 9 heteroatoms. The van der Waals surface area contributed by atoms with E-state index in [-0.39, 0.29) is 29.2 Å². The van der Waals surface area contributed by atoms with Gasteiger partial charge in [-0.15, -0.1) is 0 Å². The summed E-state index contributed by atoms with van der Waals surface area (Å²) in [7, 11) is 3.82. The average molecular weight is 475 g/mol. The third kappa shape index (κ3) is 4.06. The van der Waals surface area contributed by atoms with Crippen molar-refractivity contribution >= 4 is 17.4 Å². The molecule has 1 saturated heterocycles. The number of Topliss-reactive ketones (excluding diaryl/α,β-unsaturated/α-hetero) is 1. The van der Waals surface area contributed by atoms with Crippen LogP contribution in [0.25, 0.3) is 11.5 Å². The Balaban J connectivity index is 1.43. The SMILES string of the molecule is CO[C@@H]1C[C@@H]([C@H](C)Oc2cc(Cl)nc(-c3noc4c3CCC[C@@]43CCCCC3=O)n2)N(C)C1. The van der Waals surface area contributed by atoms with Crippen molar-refractivity contribution < 1.29 is 18.8 Å². The molecule has 0 amide bonds. The summed E-state index contributed by atoms with van der Waals surface area (Å²) in [5.41, 5.74) is 0.977. The van der Waals surface area contributed by atoms with Crippen LogP contribution < -0.4 is 4.74 Å². The highest BCUT2D eigenvalue weighted by atomic mass is 35.5. The Kier molecular flexibility index (Phi) is 6.18. The van der Waals surface area contributed by atoms with Crippen molar-refractivity contribution in [2.24, 2.45) is 0 Å². The smallest absolute Gasteiger partial charge is 0.218 e. The van der Waals surface area contributed by atoms with Gasteiger partial charge >= 0.3 is 0 Å². The van der Waals surface area contributed by atoms with E-state index in [0.29, 0.717) is 29.6 Å². The first kappa shape index (κ1) is 22.7. The van der Waals surface area contributed by atoms with E-state index in [1.54, 1.807) is 13.2 Å². The number of nitrogens with zero attached hydrogens (tertiary/aromatic N) is 4. The number of fused-ring (bicyclic) bond motifs is 2. The lowest BCUT2D eigenvalue weighted by atomic mass is 9.64. The number of ether oxygens (including phenoxy) is 2. The average Bonchev–Trinajstić information content (AvgIpc) is 3.40. The van der Waals surface area contributed by atoms with Gasteiger partial charge in [-0.2, -0.15) is 4.98 Å². The fourth-order valence-electron chi connectivity index (χ4n) is 5.90. The summed E-state index contributed by atoms with van der Waals surface area (Å²) in [5.74, 6) is 1.77. The number of likely N-dealkylation sites (N-methyl/N-ethyl adjacent to an activating group) is 1. The molecule has 2 fully saturated rings. The van der Waals surface area contributed by atoms with E-state index in [0.717, 1.165) is 57.1 Å². The zero-order valence-corrected chi connectivity index (χ0v) is 20.2. The molecule has 178 valence electrons. The number of methoxy groups -OCH3 is 1. The molecule has 2 aromatic rings. The molecule has 4 atom stereocenters. The standard InChI is InChI=1S/C24H31ClN4O4/c1-14(17-11-15(31-3)13-29(17)2)32-20-12-19(25)26-23(27-20)21-16-7-6-10-24(22(16)33-28-21)9-5-4-8-18(24)30/h12,14-15,17H,4-11,13H2,1-3H3/t14-,15+,17-,24+/m0/s1. The first-order valence-corrected chi connectivity index (χ1v) is 12.3. The van der Waals surface area contributed by atoms with Crippen LogP contribution in [0.4, 0.5) is 0 Å². The van der Waals surface area contributed by atoms with Gasteiger partial charge in [-0.25, -0.2) is 4.98 Å². The second kappa shape index (κ2) is 8.96. The molecule has 8 nitrogen and oxygen atoms in total. The maximum absolute atomic E-state index is 12.9. The highest BCUT2D eigenvalue weighted by Gasteiger charge is 2.48.